The van der Waals surface area contributed by atoms with Gasteiger partial charge < -0.3 is 9.64 Å². The first-order chi connectivity index (χ1) is 14.5. The topological polar surface area (TPSA) is 93.2 Å². The zero-order chi connectivity index (χ0) is 21.5. The number of fused-ring (bicyclic) bond motifs is 2. The van der Waals surface area contributed by atoms with Gasteiger partial charge >= 0.3 is 23.6 Å². The molecule has 2 aliphatic rings. The Morgan fingerprint density at radius 3 is 2.40 bits per heavy atom. The van der Waals surface area contributed by atoms with Crippen LogP contribution < -0.4 is 4.74 Å². The molecule has 0 saturated carbocycles. The summed E-state index contributed by atoms with van der Waals surface area (Å²) in [6.07, 6.45) is 1.29. The van der Waals surface area contributed by atoms with Gasteiger partial charge in [-0.2, -0.15) is 13.5 Å². The second kappa shape index (κ2) is 10.1. The fourth-order valence-electron chi connectivity index (χ4n) is 3.55. The molecule has 2 bridgehead atoms. The minimum Gasteiger partial charge on any atom is -0.425 e. The van der Waals surface area contributed by atoms with Gasteiger partial charge in [0, 0.05) is 6.54 Å². The van der Waals surface area contributed by atoms with E-state index in [0.29, 0.717) is 31.7 Å². The van der Waals surface area contributed by atoms with E-state index in [1.807, 2.05) is 49.4 Å². The van der Waals surface area contributed by atoms with Crippen LogP contribution in [0.2, 0.25) is 0 Å². The first-order valence-corrected chi connectivity index (χ1v) is 10.2. The molecule has 0 spiro atoms. The van der Waals surface area contributed by atoms with E-state index in [0.717, 1.165) is 11.1 Å². The average Bonchev–Trinajstić information content (AvgIpc) is 2.99. The zero-order valence-electron chi connectivity index (χ0n) is 16.4. The number of piperidine rings is 1. The molecule has 30 heavy (non-hydrogen) atoms. The van der Waals surface area contributed by atoms with E-state index in [9.17, 15) is 9.59 Å². The van der Waals surface area contributed by atoms with E-state index in [1.165, 1.54) is 5.06 Å². The summed E-state index contributed by atoms with van der Waals surface area (Å²) in [6, 6.07) is 16.2. The Bertz CT molecular complexity index is 915. The van der Waals surface area contributed by atoms with Crippen molar-refractivity contribution >= 4 is 23.6 Å². The van der Waals surface area contributed by atoms with Crippen LogP contribution in [0, 0.1) is 6.92 Å². The van der Waals surface area contributed by atoms with Crippen molar-refractivity contribution in [2.75, 3.05) is 6.54 Å². The van der Waals surface area contributed by atoms with Crippen molar-refractivity contribution < 1.29 is 27.6 Å². The molecule has 8 nitrogen and oxygen atoms in total. The maximum absolute atomic E-state index is 12.7. The molecule has 2 fully saturated rings. The Kier molecular flexibility index (Phi) is 7.31. The van der Waals surface area contributed by atoms with Gasteiger partial charge in [-0.25, -0.2) is 9.59 Å². The monoisotopic (exact) mass is 430 g/mol. The lowest BCUT2D eigenvalue weighted by Crippen LogP contribution is -2.46. The van der Waals surface area contributed by atoms with Gasteiger partial charge in [-0.05, 0) is 37.5 Å². The SMILES string of the molecule is Cc1ccc(OC(=O)[C@@H]2CC[C@@H]3CN2C(=O)N3OCc2ccccc2)cc1.O=S=O. The molecule has 2 amide bonds. The van der Waals surface area contributed by atoms with Crippen LogP contribution in [0.15, 0.2) is 54.6 Å². The maximum Gasteiger partial charge on any atom is 0.345 e. The molecule has 2 aliphatic heterocycles. The number of hydrogen-bond donors (Lipinski definition) is 0. The number of urea groups is 1. The van der Waals surface area contributed by atoms with Crippen molar-refractivity contribution in [1.82, 2.24) is 9.96 Å². The van der Waals surface area contributed by atoms with Crippen LogP contribution in [0.4, 0.5) is 4.79 Å². The third-order valence-corrected chi connectivity index (χ3v) is 5.05. The van der Waals surface area contributed by atoms with Gasteiger partial charge in [0.2, 0.25) is 0 Å². The first kappa shape index (κ1) is 21.7. The molecule has 0 aromatic heterocycles. The molecule has 2 aromatic rings. The number of carbonyl (C=O) groups is 2. The Balaban J connectivity index is 0.000000806. The smallest absolute Gasteiger partial charge is 0.345 e. The average molecular weight is 430 g/mol. The number of hydroxylamine groups is 2. The molecule has 4 rings (SSSR count). The zero-order valence-corrected chi connectivity index (χ0v) is 17.2. The van der Waals surface area contributed by atoms with E-state index in [4.69, 9.17) is 18.0 Å². The predicted molar refractivity (Wildman–Crippen MR) is 108 cm³/mol. The predicted octanol–water partition coefficient (Wildman–Crippen LogP) is 2.63. The van der Waals surface area contributed by atoms with Gasteiger partial charge in [0.05, 0.1) is 6.04 Å². The molecule has 0 unspecified atom stereocenters. The number of esters is 1. The van der Waals surface area contributed by atoms with E-state index in [-0.39, 0.29) is 12.1 Å². The van der Waals surface area contributed by atoms with Gasteiger partial charge in [0.1, 0.15) is 18.4 Å². The molecule has 0 aliphatic carbocycles. The van der Waals surface area contributed by atoms with Crippen LogP contribution in [0.5, 0.6) is 5.75 Å². The molecule has 2 atom stereocenters. The molecular weight excluding hydrogens is 408 g/mol. The number of rotatable bonds is 5. The quantitative estimate of drug-likeness (QED) is 0.535. The number of aryl methyl sites for hydroxylation is 1. The standard InChI is InChI=1S/C21H22N2O4.O2S/c1-15-7-10-18(11-8-15)27-20(24)19-12-9-17-13-22(19)21(25)23(17)26-14-16-5-3-2-4-6-16;1-3-2/h2-8,10-11,17,19H,9,12-14H2,1H3;/t17-,19+;/m1./s1. The summed E-state index contributed by atoms with van der Waals surface area (Å²) < 4.78 is 22.1. The van der Waals surface area contributed by atoms with E-state index < -0.39 is 23.6 Å². The number of hydrogen-bond acceptors (Lipinski definition) is 6. The summed E-state index contributed by atoms with van der Waals surface area (Å²) in [4.78, 5) is 32.7. The second-order valence-corrected chi connectivity index (χ2v) is 7.21. The lowest BCUT2D eigenvalue weighted by atomic mass is 10.0. The minimum absolute atomic E-state index is 0.0235. The van der Waals surface area contributed by atoms with Gasteiger partial charge in [-0.15, -0.1) is 0 Å². The lowest BCUT2D eigenvalue weighted by molar-refractivity contribution is -0.141. The van der Waals surface area contributed by atoms with Crippen molar-refractivity contribution in [3.05, 3.63) is 65.7 Å². The Hall–Kier alpha value is -3.04. The number of benzene rings is 2. The summed E-state index contributed by atoms with van der Waals surface area (Å²) in [5.41, 5.74) is 2.09. The number of ether oxygens (including phenoxy) is 1. The normalized spacial score (nSPS) is 19.7. The molecular formula is C21H22N2O6S. The van der Waals surface area contributed by atoms with Gasteiger partial charge in [0.25, 0.3) is 0 Å². The maximum atomic E-state index is 12.7. The largest absolute Gasteiger partial charge is 0.425 e. The summed E-state index contributed by atoms with van der Waals surface area (Å²) >= 11 is -0.750. The molecule has 9 heteroatoms. The first-order valence-electron chi connectivity index (χ1n) is 9.50. The third-order valence-electron chi connectivity index (χ3n) is 5.05. The van der Waals surface area contributed by atoms with Crippen molar-refractivity contribution in [3.63, 3.8) is 0 Å². The fraction of sp³-hybridized carbons (Fsp3) is 0.333. The van der Waals surface area contributed by atoms with Crippen LogP contribution in [-0.4, -0.2) is 49.0 Å². The van der Waals surface area contributed by atoms with Crippen LogP contribution in [0.25, 0.3) is 0 Å². The highest BCUT2D eigenvalue weighted by molar-refractivity contribution is 7.51. The molecule has 2 aromatic carbocycles. The van der Waals surface area contributed by atoms with Crippen LogP contribution in [0.1, 0.15) is 24.0 Å². The molecule has 0 N–H and O–H groups in total. The van der Waals surface area contributed by atoms with Crippen molar-refractivity contribution in [2.24, 2.45) is 0 Å². The Morgan fingerprint density at radius 2 is 1.73 bits per heavy atom. The Morgan fingerprint density at radius 1 is 1.07 bits per heavy atom. The van der Waals surface area contributed by atoms with Crippen LogP contribution in [-0.2, 0) is 27.8 Å². The van der Waals surface area contributed by atoms with E-state index >= 15 is 0 Å². The van der Waals surface area contributed by atoms with Crippen LogP contribution in [0.3, 0.4) is 0 Å². The highest BCUT2D eigenvalue weighted by atomic mass is 32.1. The molecule has 2 saturated heterocycles. The third kappa shape index (κ3) is 5.11. The number of nitrogens with zero attached hydrogens (tertiary/aromatic N) is 2. The van der Waals surface area contributed by atoms with Crippen molar-refractivity contribution in [1.29, 1.82) is 0 Å². The molecule has 2 heterocycles. The number of amides is 2. The summed E-state index contributed by atoms with van der Waals surface area (Å²) in [5, 5.41) is 1.42. The lowest BCUT2D eigenvalue weighted by Gasteiger charge is -2.28. The highest BCUT2D eigenvalue weighted by Gasteiger charge is 2.48. The van der Waals surface area contributed by atoms with E-state index in [2.05, 4.69) is 0 Å². The van der Waals surface area contributed by atoms with Gasteiger partial charge in [-0.1, -0.05) is 48.0 Å². The minimum atomic E-state index is -0.750. The van der Waals surface area contributed by atoms with Crippen LogP contribution >= 0.6 is 0 Å². The summed E-state index contributed by atoms with van der Waals surface area (Å²) in [7, 11) is 0. The van der Waals surface area contributed by atoms with Crippen molar-refractivity contribution in [2.45, 2.75) is 38.5 Å². The fourth-order valence-corrected chi connectivity index (χ4v) is 3.55. The molecule has 158 valence electrons. The summed E-state index contributed by atoms with van der Waals surface area (Å²) in [6.45, 7) is 2.79. The number of carbonyl (C=O) groups excluding carboxylic acids is 2. The van der Waals surface area contributed by atoms with Gasteiger partial charge in [0.15, 0.2) is 0 Å². The van der Waals surface area contributed by atoms with Gasteiger partial charge in [-0.3, -0.25) is 4.84 Å². The molecule has 0 radical (unpaired) electrons. The summed E-state index contributed by atoms with van der Waals surface area (Å²) in [5.74, 6) is 0.104. The van der Waals surface area contributed by atoms with E-state index in [1.54, 1.807) is 17.0 Å². The Labute approximate surface area is 177 Å². The second-order valence-electron chi connectivity index (χ2n) is 7.07. The highest BCUT2D eigenvalue weighted by Crippen LogP contribution is 2.31. The van der Waals surface area contributed by atoms with Crippen molar-refractivity contribution in [3.8, 4) is 5.75 Å².